The summed E-state index contributed by atoms with van der Waals surface area (Å²) in [4.78, 5) is 0. The first-order valence-corrected chi connectivity index (χ1v) is 5.18. The Hall–Kier alpha value is -2.16. The largest absolute Gasteiger partial charge is 0.399 e. The Morgan fingerprint density at radius 3 is 2.31 bits per heavy atom. The van der Waals surface area contributed by atoms with Gasteiger partial charge >= 0.3 is 0 Å². The van der Waals surface area contributed by atoms with Crippen LogP contribution in [-0.2, 0) is 6.54 Å². The third kappa shape index (κ3) is 2.67. The molecule has 5 N–H and O–H groups in total. The molecule has 0 aromatic heterocycles. The number of rotatable bonds is 3. The van der Waals surface area contributed by atoms with Crippen LogP contribution in [0.3, 0.4) is 0 Å². The van der Waals surface area contributed by atoms with E-state index in [1.54, 1.807) is 0 Å². The predicted molar refractivity (Wildman–Crippen MR) is 69.0 cm³/mol. The zero-order valence-corrected chi connectivity index (χ0v) is 8.98. The predicted octanol–water partition coefficient (Wildman–Crippen LogP) is 2.46. The van der Waals surface area contributed by atoms with Crippen LogP contribution < -0.4 is 16.8 Å². The van der Waals surface area contributed by atoms with Crippen LogP contribution in [0.25, 0.3) is 0 Å². The van der Waals surface area contributed by atoms with Crippen molar-refractivity contribution in [3.63, 3.8) is 0 Å². The lowest BCUT2D eigenvalue weighted by atomic mass is 10.2. The molecule has 2 rings (SSSR count). The molecule has 0 radical (unpaired) electrons. The molecule has 0 aliphatic carbocycles. The Bertz CT molecular complexity index is 463. The molecule has 82 valence electrons. The number of hydrogen-bond donors (Lipinski definition) is 3. The molecule has 0 saturated carbocycles. The van der Waals surface area contributed by atoms with E-state index in [0.29, 0.717) is 0 Å². The summed E-state index contributed by atoms with van der Waals surface area (Å²) in [6.07, 6.45) is 0. The maximum Gasteiger partial charge on any atom is 0.0400 e. The van der Waals surface area contributed by atoms with Crippen LogP contribution in [0, 0.1) is 0 Å². The topological polar surface area (TPSA) is 64.1 Å². The maximum absolute atomic E-state index is 5.69. The quantitative estimate of drug-likeness (QED) is 0.686. The fraction of sp³-hybridized carbons (Fsp3) is 0.0769. The lowest BCUT2D eigenvalue weighted by molar-refractivity contribution is 1.15. The number of anilines is 3. The molecule has 0 aliphatic heterocycles. The number of nitrogens with two attached hydrogens (primary N) is 2. The van der Waals surface area contributed by atoms with Crippen molar-refractivity contribution >= 4 is 17.1 Å². The number of nitrogens with one attached hydrogen (secondary N) is 1. The van der Waals surface area contributed by atoms with Crippen molar-refractivity contribution in [2.45, 2.75) is 6.54 Å². The van der Waals surface area contributed by atoms with Gasteiger partial charge in [0.2, 0.25) is 0 Å². The molecule has 0 unspecified atom stereocenters. The fourth-order valence-corrected chi connectivity index (χ4v) is 1.49. The van der Waals surface area contributed by atoms with Crippen molar-refractivity contribution in [1.82, 2.24) is 0 Å². The Kier molecular flexibility index (Phi) is 2.96. The van der Waals surface area contributed by atoms with Gasteiger partial charge in [-0.2, -0.15) is 0 Å². The lowest BCUT2D eigenvalue weighted by Gasteiger charge is -2.07. The van der Waals surface area contributed by atoms with Crippen LogP contribution in [-0.4, -0.2) is 0 Å². The van der Waals surface area contributed by atoms with Crippen LogP contribution in [0.5, 0.6) is 0 Å². The van der Waals surface area contributed by atoms with Crippen LogP contribution in [0.4, 0.5) is 17.1 Å². The van der Waals surface area contributed by atoms with E-state index < -0.39 is 0 Å². The van der Waals surface area contributed by atoms with Crippen LogP contribution in [0.1, 0.15) is 5.56 Å². The average molecular weight is 213 g/mol. The van der Waals surface area contributed by atoms with Crippen molar-refractivity contribution in [2.24, 2.45) is 0 Å². The number of benzene rings is 2. The summed E-state index contributed by atoms with van der Waals surface area (Å²) >= 11 is 0. The Morgan fingerprint density at radius 1 is 0.875 bits per heavy atom. The van der Waals surface area contributed by atoms with E-state index in [1.807, 2.05) is 48.5 Å². The third-order valence-corrected chi connectivity index (χ3v) is 2.36. The Balaban J connectivity index is 1.99. The molecule has 0 bridgehead atoms. The van der Waals surface area contributed by atoms with Gasteiger partial charge < -0.3 is 16.8 Å². The van der Waals surface area contributed by atoms with Crippen molar-refractivity contribution in [3.8, 4) is 0 Å². The van der Waals surface area contributed by atoms with Gasteiger partial charge in [-0.05, 0) is 35.9 Å². The second-order valence-electron chi connectivity index (χ2n) is 3.72. The van der Waals surface area contributed by atoms with Crippen molar-refractivity contribution < 1.29 is 0 Å². The normalized spacial score (nSPS) is 10.0. The maximum atomic E-state index is 5.69. The van der Waals surface area contributed by atoms with E-state index >= 15 is 0 Å². The molecule has 2 aromatic rings. The highest BCUT2D eigenvalue weighted by molar-refractivity contribution is 5.54. The van der Waals surface area contributed by atoms with Gasteiger partial charge in [0.05, 0.1) is 0 Å². The van der Waals surface area contributed by atoms with E-state index in [9.17, 15) is 0 Å². The zero-order valence-electron chi connectivity index (χ0n) is 8.98. The van der Waals surface area contributed by atoms with E-state index in [-0.39, 0.29) is 0 Å². The highest BCUT2D eigenvalue weighted by atomic mass is 14.9. The molecular formula is C13H15N3. The average Bonchev–Trinajstić information content (AvgIpc) is 2.28. The Morgan fingerprint density at radius 2 is 1.62 bits per heavy atom. The summed E-state index contributed by atoms with van der Waals surface area (Å²) in [6.45, 7) is 0.768. The zero-order chi connectivity index (χ0) is 11.4. The number of hydrogen-bond acceptors (Lipinski definition) is 3. The summed E-state index contributed by atoms with van der Waals surface area (Å²) in [5.74, 6) is 0. The molecule has 3 heteroatoms. The van der Waals surface area contributed by atoms with Crippen LogP contribution in [0.2, 0.25) is 0 Å². The van der Waals surface area contributed by atoms with E-state index in [1.165, 1.54) is 5.56 Å². The summed E-state index contributed by atoms with van der Waals surface area (Å²) in [5, 5.41) is 3.30. The molecule has 0 spiro atoms. The molecule has 0 saturated heterocycles. The van der Waals surface area contributed by atoms with Gasteiger partial charge in [-0.25, -0.2) is 0 Å². The smallest absolute Gasteiger partial charge is 0.0400 e. The van der Waals surface area contributed by atoms with Gasteiger partial charge in [-0.1, -0.05) is 18.2 Å². The van der Waals surface area contributed by atoms with Gasteiger partial charge in [0.15, 0.2) is 0 Å². The van der Waals surface area contributed by atoms with Crippen molar-refractivity contribution in [3.05, 3.63) is 54.1 Å². The van der Waals surface area contributed by atoms with Crippen molar-refractivity contribution in [2.75, 3.05) is 16.8 Å². The van der Waals surface area contributed by atoms with E-state index in [0.717, 1.165) is 23.6 Å². The first-order valence-electron chi connectivity index (χ1n) is 5.18. The summed E-state index contributed by atoms with van der Waals surface area (Å²) in [7, 11) is 0. The minimum Gasteiger partial charge on any atom is -0.399 e. The van der Waals surface area contributed by atoms with Crippen LogP contribution in [0.15, 0.2) is 48.5 Å². The summed E-state index contributed by atoms with van der Waals surface area (Å²) < 4.78 is 0. The van der Waals surface area contributed by atoms with Gasteiger partial charge in [-0.3, -0.25) is 0 Å². The Labute approximate surface area is 95.1 Å². The second-order valence-corrected chi connectivity index (χ2v) is 3.72. The molecule has 0 atom stereocenters. The van der Waals surface area contributed by atoms with Gasteiger partial charge in [0.1, 0.15) is 0 Å². The highest BCUT2D eigenvalue weighted by Gasteiger charge is 1.94. The van der Waals surface area contributed by atoms with Gasteiger partial charge in [0.25, 0.3) is 0 Å². The summed E-state index contributed by atoms with van der Waals surface area (Å²) in [6, 6.07) is 15.5. The first-order chi connectivity index (χ1) is 7.74. The highest BCUT2D eigenvalue weighted by Crippen LogP contribution is 2.13. The molecule has 2 aromatic carbocycles. The molecular weight excluding hydrogens is 198 g/mol. The molecule has 0 aliphatic rings. The van der Waals surface area contributed by atoms with Gasteiger partial charge in [0, 0.05) is 23.6 Å². The monoisotopic (exact) mass is 213 g/mol. The molecule has 3 nitrogen and oxygen atoms in total. The standard InChI is InChI=1S/C13H15N3/c14-11-6-4-10(5-7-11)9-16-13-3-1-2-12(15)8-13/h1-8,16H,9,14-15H2. The minimum absolute atomic E-state index is 0.766. The molecule has 0 fully saturated rings. The first kappa shape index (κ1) is 10.4. The van der Waals surface area contributed by atoms with Crippen molar-refractivity contribution in [1.29, 1.82) is 0 Å². The fourth-order valence-electron chi connectivity index (χ4n) is 1.49. The summed E-state index contributed by atoms with van der Waals surface area (Å²) in [5.41, 5.74) is 15.1. The minimum atomic E-state index is 0.766. The van der Waals surface area contributed by atoms with Gasteiger partial charge in [-0.15, -0.1) is 0 Å². The second kappa shape index (κ2) is 4.57. The lowest BCUT2D eigenvalue weighted by Crippen LogP contribution is -2.00. The number of nitrogen functional groups attached to an aromatic ring is 2. The van der Waals surface area contributed by atoms with E-state index in [4.69, 9.17) is 11.5 Å². The van der Waals surface area contributed by atoms with E-state index in [2.05, 4.69) is 5.32 Å². The molecule has 16 heavy (non-hydrogen) atoms. The SMILES string of the molecule is Nc1ccc(CNc2cccc(N)c2)cc1. The molecule has 0 heterocycles. The molecule has 0 amide bonds. The van der Waals surface area contributed by atoms with Crippen LogP contribution >= 0.6 is 0 Å². The third-order valence-electron chi connectivity index (χ3n) is 2.36.